The van der Waals surface area contributed by atoms with E-state index in [0.29, 0.717) is 10.4 Å². The van der Waals surface area contributed by atoms with Crippen LogP contribution in [0.1, 0.15) is 13.3 Å². The van der Waals surface area contributed by atoms with E-state index in [-0.39, 0.29) is 5.56 Å². The van der Waals surface area contributed by atoms with E-state index in [2.05, 4.69) is 16.8 Å². The van der Waals surface area contributed by atoms with Crippen LogP contribution in [0.2, 0.25) is 5.02 Å². The van der Waals surface area contributed by atoms with Crippen molar-refractivity contribution >= 4 is 28.5 Å². The molecular formula is C13H14ClN3O. The summed E-state index contributed by atoms with van der Waals surface area (Å²) in [5.74, 6) is 0.781. The molecule has 0 spiro atoms. The highest BCUT2D eigenvalue weighted by molar-refractivity contribution is 6.31. The molecule has 1 aromatic carbocycles. The molecule has 0 atom stereocenters. The van der Waals surface area contributed by atoms with Crippen LogP contribution >= 0.6 is 11.6 Å². The van der Waals surface area contributed by atoms with Gasteiger partial charge in [-0.25, -0.2) is 4.98 Å². The van der Waals surface area contributed by atoms with Gasteiger partial charge in [0.05, 0.1) is 10.9 Å². The van der Waals surface area contributed by atoms with Crippen LogP contribution in [0.5, 0.6) is 0 Å². The number of anilines is 1. The zero-order chi connectivity index (χ0) is 12.7. The van der Waals surface area contributed by atoms with Gasteiger partial charge in [-0.1, -0.05) is 11.6 Å². The predicted octanol–water partition coefficient (Wildman–Crippen LogP) is 2.28. The van der Waals surface area contributed by atoms with Gasteiger partial charge >= 0.3 is 0 Å². The molecular weight excluding hydrogens is 250 g/mol. The van der Waals surface area contributed by atoms with Gasteiger partial charge in [-0.15, -0.1) is 0 Å². The van der Waals surface area contributed by atoms with Gasteiger partial charge < -0.3 is 4.90 Å². The molecule has 2 heterocycles. The van der Waals surface area contributed by atoms with Crippen LogP contribution in [0.25, 0.3) is 10.9 Å². The minimum Gasteiger partial charge on any atom is -0.342 e. The highest BCUT2D eigenvalue weighted by Gasteiger charge is 2.19. The van der Waals surface area contributed by atoms with Crippen molar-refractivity contribution in [3.63, 3.8) is 0 Å². The standard InChI is InChI=1S/C13H14ClN3O/c1-2-16-6-3-7-17-12(18)10-8-9(14)4-5-11(10)15-13(16)17/h4-5,8H,2-3,6-7H2,1H3. The second-order valence-corrected chi connectivity index (χ2v) is 4.90. The SMILES string of the molecule is CCN1CCCn2c1nc1ccc(Cl)cc1c2=O. The number of aromatic nitrogens is 2. The van der Waals surface area contributed by atoms with Crippen LogP contribution in [-0.4, -0.2) is 22.6 Å². The molecule has 0 saturated carbocycles. The van der Waals surface area contributed by atoms with Crippen molar-refractivity contribution in [3.8, 4) is 0 Å². The maximum Gasteiger partial charge on any atom is 0.262 e. The Morgan fingerprint density at radius 2 is 2.22 bits per heavy atom. The molecule has 1 aliphatic rings. The average molecular weight is 264 g/mol. The summed E-state index contributed by atoms with van der Waals surface area (Å²) in [7, 11) is 0. The van der Waals surface area contributed by atoms with Gasteiger partial charge in [0, 0.05) is 24.7 Å². The van der Waals surface area contributed by atoms with Crippen LogP contribution in [0, 0.1) is 0 Å². The third kappa shape index (κ3) is 1.68. The van der Waals surface area contributed by atoms with Crippen molar-refractivity contribution in [2.75, 3.05) is 18.0 Å². The quantitative estimate of drug-likeness (QED) is 0.792. The maximum atomic E-state index is 12.4. The Balaban J connectivity index is 2.34. The lowest BCUT2D eigenvalue weighted by Gasteiger charge is -2.29. The number of halogens is 1. The zero-order valence-electron chi connectivity index (χ0n) is 10.2. The number of hydrogen-bond donors (Lipinski definition) is 0. The summed E-state index contributed by atoms with van der Waals surface area (Å²) in [4.78, 5) is 19.2. The summed E-state index contributed by atoms with van der Waals surface area (Å²) in [6.45, 7) is 4.64. The Morgan fingerprint density at radius 3 is 3.00 bits per heavy atom. The van der Waals surface area contributed by atoms with Crippen molar-refractivity contribution in [3.05, 3.63) is 33.6 Å². The second-order valence-electron chi connectivity index (χ2n) is 4.46. The monoisotopic (exact) mass is 263 g/mol. The van der Waals surface area contributed by atoms with Gasteiger partial charge in [0.2, 0.25) is 5.95 Å². The number of fused-ring (bicyclic) bond motifs is 2. The average Bonchev–Trinajstić information content (AvgIpc) is 2.39. The van der Waals surface area contributed by atoms with E-state index in [1.807, 2.05) is 6.07 Å². The van der Waals surface area contributed by atoms with E-state index in [1.165, 1.54) is 0 Å². The minimum absolute atomic E-state index is 0.00986. The molecule has 0 bridgehead atoms. The third-order valence-electron chi connectivity index (χ3n) is 3.37. The molecule has 0 saturated heterocycles. The molecule has 1 aromatic heterocycles. The van der Waals surface area contributed by atoms with E-state index < -0.39 is 0 Å². The van der Waals surface area contributed by atoms with Gasteiger partial charge in [-0.05, 0) is 31.5 Å². The summed E-state index contributed by atoms with van der Waals surface area (Å²) in [5.41, 5.74) is 0.728. The first-order chi connectivity index (χ1) is 8.70. The Kier molecular flexibility index (Phi) is 2.74. The summed E-state index contributed by atoms with van der Waals surface area (Å²) in [6.07, 6.45) is 0.981. The fraction of sp³-hybridized carbons (Fsp3) is 0.385. The van der Waals surface area contributed by atoms with Gasteiger partial charge in [0.25, 0.3) is 5.56 Å². The Morgan fingerprint density at radius 1 is 1.39 bits per heavy atom. The van der Waals surface area contributed by atoms with E-state index in [9.17, 15) is 4.79 Å². The molecule has 4 nitrogen and oxygen atoms in total. The van der Waals surface area contributed by atoms with Crippen LogP contribution in [0.3, 0.4) is 0 Å². The predicted molar refractivity (Wildman–Crippen MR) is 73.5 cm³/mol. The lowest BCUT2D eigenvalue weighted by atomic mass is 10.2. The minimum atomic E-state index is 0.00986. The zero-order valence-corrected chi connectivity index (χ0v) is 10.9. The fourth-order valence-corrected chi connectivity index (χ4v) is 2.62. The molecule has 1 aliphatic heterocycles. The first-order valence-corrected chi connectivity index (χ1v) is 6.53. The Labute approximate surface area is 110 Å². The van der Waals surface area contributed by atoms with Crippen LogP contribution in [0.15, 0.2) is 23.0 Å². The summed E-state index contributed by atoms with van der Waals surface area (Å²) < 4.78 is 1.76. The summed E-state index contributed by atoms with van der Waals surface area (Å²) >= 11 is 5.94. The molecule has 94 valence electrons. The second kappa shape index (κ2) is 4.28. The lowest BCUT2D eigenvalue weighted by Crippen LogP contribution is -2.38. The molecule has 0 unspecified atom stereocenters. The summed E-state index contributed by atoms with van der Waals surface area (Å²) in [5, 5.41) is 1.18. The molecule has 0 radical (unpaired) electrons. The largest absolute Gasteiger partial charge is 0.342 e. The Bertz CT molecular complexity index is 665. The van der Waals surface area contributed by atoms with Gasteiger partial charge in [0.15, 0.2) is 0 Å². The third-order valence-corrected chi connectivity index (χ3v) is 3.61. The number of nitrogens with zero attached hydrogens (tertiary/aromatic N) is 3. The normalized spacial score (nSPS) is 14.9. The Hall–Kier alpha value is -1.55. The molecule has 18 heavy (non-hydrogen) atoms. The molecule has 5 heteroatoms. The molecule has 2 aromatic rings. The topological polar surface area (TPSA) is 38.1 Å². The van der Waals surface area contributed by atoms with Crippen molar-refractivity contribution in [2.24, 2.45) is 0 Å². The van der Waals surface area contributed by atoms with E-state index in [4.69, 9.17) is 11.6 Å². The lowest BCUT2D eigenvalue weighted by molar-refractivity contribution is 0.542. The first-order valence-electron chi connectivity index (χ1n) is 6.15. The van der Waals surface area contributed by atoms with E-state index in [0.717, 1.165) is 37.5 Å². The van der Waals surface area contributed by atoms with Gasteiger partial charge in [-0.3, -0.25) is 9.36 Å². The van der Waals surface area contributed by atoms with Crippen molar-refractivity contribution in [1.29, 1.82) is 0 Å². The fourth-order valence-electron chi connectivity index (χ4n) is 2.44. The van der Waals surface area contributed by atoms with Crippen molar-refractivity contribution < 1.29 is 0 Å². The van der Waals surface area contributed by atoms with Crippen LogP contribution in [0.4, 0.5) is 5.95 Å². The van der Waals surface area contributed by atoms with E-state index >= 15 is 0 Å². The van der Waals surface area contributed by atoms with Crippen molar-refractivity contribution in [2.45, 2.75) is 19.9 Å². The van der Waals surface area contributed by atoms with Crippen molar-refractivity contribution in [1.82, 2.24) is 9.55 Å². The first kappa shape index (κ1) is 11.5. The number of benzene rings is 1. The van der Waals surface area contributed by atoms with Crippen LogP contribution in [-0.2, 0) is 6.54 Å². The van der Waals surface area contributed by atoms with Gasteiger partial charge in [0.1, 0.15) is 0 Å². The summed E-state index contributed by atoms with van der Waals surface area (Å²) in [6, 6.07) is 5.28. The smallest absolute Gasteiger partial charge is 0.262 e. The molecule has 0 amide bonds. The van der Waals surface area contributed by atoms with Crippen LogP contribution < -0.4 is 10.5 Å². The van der Waals surface area contributed by atoms with E-state index in [1.54, 1.807) is 16.7 Å². The number of rotatable bonds is 1. The van der Waals surface area contributed by atoms with Gasteiger partial charge in [-0.2, -0.15) is 0 Å². The molecule has 3 rings (SSSR count). The highest BCUT2D eigenvalue weighted by atomic mass is 35.5. The maximum absolute atomic E-state index is 12.4. The molecule has 0 N–H and O–H groups in total. The molecule has 0 aliphatic carbocycles. The number of hydrogen-bond acceptors (Lipinski definition) is 3. The molecule has 0 fully saturated rings. The highest BCUT2D eigenvalue weighted by Crippen LogP contribution is 2.21.